The summed E-state index contributed by atoms with van der Waals surface area (Å²) >= 11 is 3.40. The Morgan fingerprint density at radius 3 is 2.61 bits per heavy atom. The summed E-state index contributed by atoms with van der Waals surface area (Å²) in [6.45, 7) is 4.56. The first-order chi connectivity index (χ1) is 8.39. The molecule has 1 aromatic rings. The maximum Gasteiger partial charge on any atom is 0.314 e. The Hall–Kier alpha value is -1.30. The van der Waals surface area contributed by atoms with Crippen molar-refractivity contribution in [1.82, 2.24) is 0 Å². The first kappa shape index (κ1) is 14.8. The molecular weight excluding hydrogens is 302 g/mol. The Kier molecular flexibility index (Phi) is 4.95. The van der Waals surface area contributed by atoms with Gasteiger partial charge in [-0.25, -0.2) is 0 Å². The first-order valence-corrected chi connectivity index (χ1v) is 6.53. The van der Waals surface area contributed by atoms with Crippen molar-refractivity contribution in [3.05, 3.63) is 28.3 Å². The Morgan fingerprint density at radius 1 is 1.44 bits per heavy atom. The number of benzene rings is 1. The van der Waals surface area contributed by atoms with E-state index in [-0.39, 0.29) is 16.9 Å². The van der Waals surface area contributed by atoms with Gasteiger partial charge in [-0.3, -0.25) is 10.1 Å². The van der Waals surface area contributed by atoms with Crippen molar-refractivity contribution in [3.8, 4) is 11.5 Å². The zero-order chi connectivity index (χ0) is 13.8. The van der Waals surface area contributed by atoms with E-state index in [9.17, 15) is 10.1 Å². The molecule has 0 amide bonds. The topological polar surface area (TPSA) is 61.6 Å². The number of hydrogen-bond donors (Lipinski definition) is 0. The molecule has 0 radical (unpaired) electrons. The Balaban J connectivity index is 2.86. The summed E-state index contributed by atoms with van der Waals surface area (Å²) in [6.07, 6.45) is 0. The van der Waals surface area contributed by atoms with E-state index in [1.165, 1.54) is 19.2 Å². The van der Waals surface area contributed by atoms with E-state index in [1.807, 2.05) is 13.8 Å². The van der Waals surface area contributed by atoms with Crippen LogP contribution in [0, 0.1) is 15.5 Å². The van der Waals surface area contributed by atoms with Crippen molar-refractivity contribution in [2.75, 3.05) is 19.0 Å². The van der Waals surface area contributed by atoms with Crippen molar-refractivity contribution < 1.29 is 14.4 Å². The van der Waals surface area contributed by atoms with Crippen molar-refractivity contribution in [1.29, 1.82) is 0 Å². The fraction of sp³-hybridized carbons (Fsp3) is 0.500. The molecule has 18 heavy (non-hydrogen) atoms. The molecule has 0 spiro atoms. The Labute approximate surface area is 114 Å². The van der Waals surface area contributed by atoms with Gasteiger partial charge < -0.3 is 9.47 Å². The molecule has 0 aromatic heterocycles. The number of nitro groups is 1. The van der Waals surface area contributed by atoms with Crippen LogP contribution < -0.4 is 9.47 Å². The van der Waals surface area contributed by atoms with Crippen LogP contribution in [0.2, 0.25) is 0 Å². The third-order valence-electron chi connectivity index (χ3n) is 2.34. The van der Waals surface area contributed by atoms with E-state index >= 15 is 0 Å². The van der Waals surface area contributed by atoms with E-state index in [2.05, 4.69) is 15.9 Å². The minimum absolute atomic E-state index is 0.0330. The molecule has 0 heterocycles. The van der Waals surface area contributed by atoms with Crippen LogP contribution in [0.15, 0.2) is 18.2 Å². The molecular formula is C12H16BrNO4. The quantitative estimate of drug-likeness (QED) is 0.458. The Morgan fingerprint density at radius 2 is 2.11 bits per heavy atom. The first-order valence-electron chi connectivity index (χ1n) is 5.41. The lowest BCUT2D eigenvalue weighted by molar-refractivity contribution is -0.385. The number of methoxy groups -OCH3 is 1. The summed E-state index contributed by atoms with van der Waals surface area (Å²) in [4.78, 5) is 10.4. The summed E-state index contributed by atoms with van der Waals surface area (Å²) in [6, 6.07) is 4.58. The minimum Gasteiger partial charge on any atom is -0.493 e. The van der Waals surface area contributed by atoms with Gasteiger partial charge in [-0.2, -0.15) is 0 Å². The predicted molar refractivity (Wildman–Crippen MR) is 72.7 cm³/mol. The highest BCUT2D eigenvalue weighted by molar-refractivity contribution is 9.09. The lowest BCUT2D eigenvalue weighted by atomic mass is 9.98. The fourth-order valence-corrected chi connectivity index (χ4v) is 1.38. The molecule has 0 bridgehead atoms. The predicted octanol–water partition coefficient (Wildman–Crippen LogP) is 3.40. The molecule has 0 N–H and O–H groups in total. The van der Waals surface area contributed by atoms with Gasteiger partial charge in [-0.15, -0.1) is 0 Å². The van der Waals surface area contributed by atoms with Crippen LogP contribution in [-0.2, 0) is 0 Å². The van der Waals surface area contributed by atoms with Crippen LogP contribution in [0.1, 0.15) is 13.8 Å². The molecule has 6 heteroatoms. The standard InChI is InChI=1S/C12H16BrNO4/c1-12(2,7-13)8-18-9-4-5-11(17-3)10(6-9)14(15)16/h4-6H,7-8H2,1-3H3. The number of ether oxygens (including phenoxy) is 2. The summed E-state index contributed by atoms with van der Waals surface area (Å²) in [5, 5.41) is 11.6. The SMILES string of the molecule is COc1ccc(OCC(C)(C)CBr)cc1[N+](=O)[O-]. The molecule has 0 aliphatic carbocycles. The van der Waals surface area contributed by atoms with E-state index in [0.29, 0.717) is 12.4 Å². The van der Waals surface area contributed by atoms with Gasteiger partial charge in [0.25, 0.3) is 0 Å². The number of nitro benzene ring substituents is 1. The number of halogens is 1. The number of hydrogen-bond acceptors (Lipinski definition) is 4. The second-order valence-electron chi connectivity index (χ2n) is 4.68. The van der Waals surface area contributed by atoms with Crippen molar-refractivity contribution >= 4 is 21.6 Å². The number of alkyl halides is 1. The van der Waals surface area contributed by atoms with Crippen molar-refractivity contribution in [2.24, 2.45) is 5.41 Å². The van der Waals surface area contributed by atoms with Crippen LogP contribution in [0.5, 0.6) is 11.5 Å². The van der Waals surface area contributed by atoms with Gasteiger partial charge in [0.1, 0.15) is 5.75 Å². The van der Waals surface area contributed by atoms with Gasteiger partial charge >= 0.3 is 5.69 Å². The van der Waals surface area contributed by atoms with Gasteiger partial charge in [0.2, 0.25) is 0 Å². The molecule has 0 aliphatic heterocycles. The summed E-state index contributed by atoms with van der Waals surface area (Å²) < 4.78 is 10.5. The molecule has 0 saturated heterocycles. The highest BCUT2D eigenvalue weighted by Gasteiger charge is 2.19. The third kappa shape index (κ3) is 3.87. The van der Waals surface area contributed by atoms with Gasteiger partial charge in [-0.05, 0) is 12.1 Å². The van der Waals surface area contributed by atoms with E-state index < -0.39 is 4.92 Å². The molecule has 0 fully saturated rings. The lowest BCUT2D eigenvalue weighted by Gasteiger charge is -2.21. The monoisotopic (exact) mass is 317 g/mol. The molecule has 1 aromatic carbocycles. The molecule has 0 saturated carbocycles. The summed E-state index contributed by atoms with van der Waals surface area (Å²) in [5.74, 6) is 0.698. The molecule has 0 unspecified atom stereocenters. The van der Waals surface area contributed by atoms with E-state index in [0.717, 1.165) is 5.33 Å². The van der Waals surface area contributed by atoms with Crippen LogP contribution in [0.3, 0.4) is 0 Å². The second-order valence-corrected chi connectivity index (χ2v) is 5.24. The molecule has 5 nitrogen and oxygen atoms in total. The van der Waals surface area contributed by atoms with Crippen LogP contribution in [0.4, 0.5) is 5.69 Å². The van der Waals surface area contributed by atoms with Gasteiger partial charge in [-0.1, -0.05) is 29.8 Å². The zero-order valence-electron chi connectivity index (χ0n) is 10.6. The highest BCUT2D eigenvalue weighted by Crippen LogP contribution is 2.31. The summed E-state index contributed by atoms with van der Waals surface area (Å²) in [7, 11) is 1.40. The smallest absolute Gasteiger partial charge is 0.314 e. The normalized spacial score (nSPS) is 11.1. The molecule has 1 rings (SSSR count). The number of rotatable bonds is 6. The molecule has 0 atom stereocenters. The third-order valence-corrected chi connectivity index (χ3v) is 3.86. The highest BCUT2D eigenvalue weighted by atomic mass is 79.9. The maximum absolute atomic E-state index is 10.9. The second kappa shape index (κ2) is 6.04. The largest absolute Gasteiger partial charge is 0.493 e. The van der Waals surface area contributed by atoms with Crippen LogP contribution in [0.25, 0.3) is 0 Å². The van der Waals surface area contributed by atoms with Gasteiger partial charge in [0, 0.05) is 10.7 Å². The Bertz CT molecular complexity index is 434. The molecule has 0 aliphatic rings. The zero-order valence-corrected chi connectivity index (χ0v) is 12.2. The average molecular weight is 318 g/mol. The maximum atomic E-state index is 10.9. The number of nitrogens with zero attached hydrogens (tertiary/aromatic N) is 1. The van der Waals surface area contributed by atoms with Crippen molar-refractivity contribution in [3.63, 3.8) is 0 Å². The lowest BCUT2D eigenvalue weighted by Crippen LogP contribution is -2.22. The average Bonchev–Trinajstić information content (AvgIpc) is 2.36. The molecule has 100 valence electrons. The van der Waals surface area contributed by atoms with Crippen LogP contribution >= 0.6 is 15.9 Å². The van der Waals surface area contributed by atoms with Crippen molar-refractivity contribution in [2.45, 2.75) is 13.8 Å². The fourth-order valence-electron chi connectivity index (χ4n) is 1.22. The van der Waals surface area contributed by atoms with Gasteiger partial charge in [0.05, 0.1) is 24.7 Å². The van der Waals surface area contributed by atoms with E-state index in [4.69, 9.17) is 9.47 Å². The summed E-state index contributed by atoms with van der Waals surface area (Å²) in [5.41, 5.74) is -0.124. The minimum atomic E-state index is -0.485. The van der Waals surface area contributed by atoms with Crippen LogP contribution in [-0.4, -0.2) is 24.0 Å². The van der Waals surface area contributed by atoms with E-state index in [1.54, 1.807) is 6.07 Å². The van der Waals surface area contributed by atoms with Gasteiger partial charge in [0.15, 0.2) is 5.75 Å².